The Balaban J connectivity index is 1.91. The second kappa shape index (κ2) is 10.6. The third-order valence-corrected chi connectivity index (χ3v) is 7.10. The first-order valence-electron chi connectivity index (χ1n) is 10.5. The molecule has 0 spiro atoms. The second-order valence-corrected chi connectivity index (χ2v) is 9.57. The van der Waals surface area contributed by atoms with Crippen LogP contribution in [0.2, 0.25) is 0 Å². The number of sulfonamides is 1. The standard InChI is InChI=1S/C25H27FN2O4S/c1-4-28(18-20-11-8-12-22(26)15-20)25(29)21-13-14-23(32-3)24(16-21)33(30,31)27(2)17-19-9-6-5-7-10-19/h5-16H,4,17-18H2,1-3H3. The van der Waals surface area contributed by atoms with Crippen LogP contribution in [0.15, 0.2) is 77.7 Å². The zero-order chi connectivity index (χ0) is 24.0. The monoisotopic (exact) mass is 470 g/mol. The first kappa shape index (κ1) is 24.4. The lowest BCUT2D eigenvalue weighted by molar-refractivity contribution is 0.0752. The van der Waals surface area contributed by atoms with Gasteiger partial charge in [0.05, 0.1) is 7.11 Å². The van der Waals surface area contributed by atoms with Gasteiger partial charge in [0.25, 0.3) is 5.91 Å². The summed E-state index contributed by atoms with van der Waals surface area (Å²) in [5.41, 5.74) is 1.69. The van der Waals surface area contributed by atoms with Crippen molar-refractivity contribution in [3.05, 3.63) is 95.3 Å². The summed E-state index contributed by atoms with van der Waals surface area (Å²) in [7, 11) is -1.08. The molecule has 0 aliphatic heterocycles. The fourth-order valence-electron chi connectivity index (χ4n) is 3.47. The van der Waals surface area contributed by atoms with E-state index in [0.29, 0.717) is 12.1 Å². The molecule has 3 aromatic carbocycles. The van der Waals surface area contributed by atoms with Gasteiger partial charge in [-0.2, -0.15) is 4.31 Å². The third kappa shape index (κ3) is 5.77. The van der Waals surface area contributed by atoms with Gasteiger partial charge >= 0.3 is 0 Å². The first-order valence-corrected chi connectivity index (χ1v) is 11.9. The average Bonchev–Trinajstić information content (AvgIpc) is 2.82. The van der Waals surface area contributed by atoms with Crippen molar-refractivity contribution in [1.82, 2.24) is 9.21 Å². The smallest absolute Gasteiger partial charge is 0.254 e. The van der Waals surface area contributed by atoms with Crippen LogP contribution in [0.1, 0.15) is 28.4 Å². The Morgan fingerprint density at radius 3 is 2.27 bits per heavy atom. The van der Waals surface area contributed by atoms with Gasteiger partial charge in [-0.05, 0) is 48.4 Å². The lowest BCUT2D eigenvalue weighted by Crippen LogP contribution is -2.31. The molecule has 0 fully saturated rings. The van der Waals surface area contributed by atoms with E-state index < -0.39 is 10.0 Å². The summed E-state index contributed by atoms with van der Waals surface area (Å²) in [6.45, 7) is 2.56. The highest BCUT2D eigenvalue weighted by atomic mass is 32.2. The van der Waals surface area contributed by atoms with Crippen LogP contribution in [0.3, 0.4) is 0 Å². The summed E-state index contributed by atoms with van der Waals surface area (Å²) in [6.07, 6.45) is 0. The molecule has 0 aliphatic rings. The van der Waals surface area contributed by atoms with E-state index in [2.05, 4.69) is 0 Å². The van der Waals surface area contributed by atoms with Crippen molar-refractivity contribution < 1.29 is 22.3 Å². The van der Waals surface area contributed by atoms with Crippen LogP contribution in [0.4, 0.5) is 4.39 Å². The largest absolute Gasteiger partial charge is 0.495 e. The molecular weight excluding hydrogens is 443 g/mol. The summed E-state index contributed by atoms with van der Waals surface area (Å²) in [5.74, 6) is -0.582. The molecule has 3 aromatic rings. The Kier molecular flexibility index (Phi) is 7.84. The number of halogens is 1. The highest BCUT2D eigenvalue weighted by Gasteiger charge is 2.27. The molecule has 0 aromatic heterocycles. The molecule has 0 N–H and O–H groups in total. The Hall–Kier alpha value is -3.23. The molecule has 174 valence electrons. The van der Waals surface area contributed by atoms with Crippen LogP contribution >= 0.6 is 0 Å². The van der Waals surface area contributed by atoms with E-state index in [1.807, 2.05) is 37.3 Å². The molecule has 0 aliphatic carbocycles. The van der Waals surface area contributed by atoms with Crippen LogP contribution in [0.5, 0.6) is 5.75 Å². The number of hydrogen-bond donors (Lipinski definition) is 0. The zero-order valence-electron chi connectivity index (χ0n) is 18.9. The molecule has 0 unspecified atom stereocenters. The fraction of sp³-hybridized carbons (Fsp3) is 0.240. The molecule has 33 heavy (non-hydrogen) atoms. The summed E-state index contributed by atoms with van der Waals surface area (Å²) >= 11 is 0. The SMILES string of the molecule is CCN(Cc1cccc(F)c1)C(=O)c1ccc(OC)c(S(=O)(=O)N(C)Cc2ccccc2)c1. The van der Waals surface area contributed by atoms with Crippen LogP contribution in [-0.4, -0.2) is 44.2 Å². The minimum absolute atomic E-state index is 0.0870. The van der Waals surface area contributed by atoms with E-state index in [-0.39, 0.29) is 41.0 Å². The topological polar surface area (TPSA) is 66.9 Å². The Bertz CT molecular complexity index is 1220. The summed E-state index contributed by atoms with van der Waals surface area (Å²) in [6, 6.07) is 19.6. The van der Waals surface area contributed by atoms with Crippen molar-refractivity contribution in [2.75, 3.05) is 20.7 Å². The van der Waals surface area contributed by atoms with Crippen molar-refractivity contribution in [1.29, 1.82) is 0 Å². The number of hydrogen-bond acceptors (Lipinski definition) is 4. The lowest BCUT2D eigenvalue weighted by atomic mass is 10.1. The highest BCUT2D eigenvalue weighted by molar-refractivity contribution is 7.89. The van der Waals surface area contributed by atoms with Gasteiger partial charge in [-0.25, -0.2) is 12.8 Å². The molecule has 0 saturated heterocycles. The molecular formula is C25H27FN2O4S. The molecule has 1 amide bonds. The van der Waals surface area contributed by atoms with Crippen molar-refractivity contribution in [3.8, 4) is 5.75 Å². The van der Waals surface area contributed by atoms with Gasteiger partial charge in [0.2, 0.25) is 10.0 Å². The number of carbonyl (C=O) groups excluding carboxylic acids is 1. The summed E-state index contributed by atoms with van der Waals surface area (Å²) in [5, 5.41) is 0. The van der Waals surface area contributed by atoms with Gasteiger partial charge in [-0.3, -0.25) is 4.79 Å². The van der Waals surface area contributed by atoms with Crippen LogP contribution in [0.25, 0.3) is 0 Å². The molecule has 3 rings (SSSR count). The number of methoxy groups -OCH3 is 1. The minimum atomic E-state index is -3.94. The third-order valence-electron chi connectivity index (χ3n) is 5.28. The first-order chi connectivity index (χ1) is 15.8. The van der Waals surface area contributed by atoms with E-state index in [1.54, 1.807) is 12.1 Å². The molecule has 6 nitrogen and oxygen atoms in total. The molecule has 0 atom stereocenters. The number of nitrogens with zero attached hydrogens (tertiary/aromatic N) is 2. The Morgan fingerprint density at radius 1 is 0.939 bits per heavy atom. The van der Waals surface area contributed by atoms with Gasteiger partial charge in [0, 0.05) is 32.2 Å². The lowest BCUT2D eigenvalue weighted by Gasteiger charge is -2.23. The predicted octanol–water partition coefficient (Wildman–Crippen LogP) is 4.32. The molecule has 0 radical (unpaired) electrons. The maximum atomic E-state index is 13.6. The van der Waals surface area contributed by atoms with Gasteiger partial charge < -0.3 is 9.64 Å². The number of rotatable bonds is 9. The van der Waals surface area contributed by atoms with Crippen LogP contribution in [0, 0.1) is 5.82 Å². The summed E-state index contributed by atoms with van der Waals surface area (Å²) < 4.78 is 46.7. The van der Waals surface area contributed by atoms with Crippen LogP contribution in [-0.2, 0) is 23.1 Å². The van der Waals surface area contributed by atoms with Crippen molar-refractivity contribution in [2.45, 2.75) is 24.9 Å². The van der Waals surface area contributed by atoms with E-state index >= 15 is 0 Å². The van der Waals surface area contributed by atoms with Crippen molar-refractivity contribution in [2.24, 2.45) is 0 Å². The maximum absolute atomic E-state index is 13.6. The number of ether oxygens (including phenoxy) is 1. The van der Waals surface area contributed by atoms with E-state index in [0.717, 1.165) is 5.56 Å². The van der Waals surface area contributed by atoms with E-state index in [4.69, 9.17) is 4.74 Å². The van der Waals surface area contributed by atoms with Crippen LogP contribution < -0.4 is 4.74 Å². The normalized spacial score (nSPS) is 11.4. The Labute approximate surface area is 194 Å². The molecule has 8 heteroatoms. The fourth-order valence-corrected chi connectivity index (χ4v) is 4.81. The van der Waals surface area contributed by atoms with Gasteiger partial charge in [-0.15, -0.1) is 0 Å². The predicted molar refractivity (Wildman–Crippen MR) is 125 cm³/mol. The zero-order valence-corrected chi connectivity index (χ0v) is 19.7. The number of amides is 1. The van der Waals surface area contributed by atoms with Gasteiger partial charge in [-0.1, -0.05) is 42.5 Å². The van der Waals surface area contributed by atoms with Crippen molar-refractivity contribution in [3.63, 3.8) is 0 Å². The second-order valence-electron chi connectivity index (χ2n) is 7.56. The molecule has 0 saturated carbocycles. The summed E-state index contributed by atoms with van der Waals surface area (Å²) in [4.78, 5) is 14.6. The number of benzene rings is 3. The number of carbonyl (C=O) groups is 1. The van der Waals surface area contributed by atoms with E-state index in [9.17, 15) is 17.6 Å². The Morgan fingerprint density at radius 2 is 1.64 bits per heavy atom. The minimum Gasteiger partial charge on any atom is -0.495 e. The van der Waals surface area contributed by atoms with Gasteiger partial charge in [0.15, 0.2) is 0 Å². The molecule has 0 bridgehead atoms. The highest BCUT2D eigenvalue weighted by Crippen LogP contribution is 2.29. The van der Waals surface area contributed by atoms with Crippen molar-refractivity contribution >= 4 is 15.9 Å². The quantitative estimate of drug-likeness (QED) is 0.467. The maximum Gasteiger partial charge on any atom is 0.254 e. The van der Waals surface area contributed by atoms with Gasteiger partial charge in [0.1, 0.15) is 16.5 Å². The molecule has 0 heterocycles. The average molecular weight is 471 g/mol. The van der Waals surface area contributed by atoms with E-state index in [1.165, 1.54) is 53.7 Å².